The summed E-state index contributed by atoms with van der Waals surface area (Å²) >= 11 is 0. The van der Waals surface area contributed by atoms with Crippen LogP contribution >= 0.6 is 0 Å². The van der Waals surface area contributed by atoms with E-state index < -0.39 is 0 Å². The topological polar surface area (TPSA) is 74.8 Å². The van der Waals surface area contributed by atoms with E-state index in [1.54, 1.807) is 12.5 Å². The Hall–Kier alpha value is -1.65. The smallest absolute Gasteiger partial charge is 0.227 e. The van der Waals surface area contributed by atoms with Gasteiger partial charge >= 0.3 is 0 Å². The van der Waals surface area contributed by atoms with Crippen LogP contribution in [0, 0.1) is 0 Å². The van der Waals surface area contributed by atoms with E-state index in [4.69, 9.17) is 0 Å². The van der Waals surface area contributed by atoms with Crippen LogP contribution in [0.2, 0.25) is 0 Å². The molecule has 5 nitrogen and oxygen atoms in total. The second-order valence-corrected chi connectivity index (χ2v) is 3.06. The predicted octanol–water partition coefficient (Wildman–Crippen LogP) is 0.0475. The van der Waals surface area contributed by atoms with Gasteiger partial charge in [0.15, 0.2) is 0 Å². The number of hydrogen-bond acceptors (Lipinski definition) is 3. The minimum absolute atomic E-state index is 0.0387. The van der Waals surface area contributed by atoms with Gasteiger partial charge in [-0.1, -0.05) is 0 Å². The first-order chi connectivity index (χ1) is 6.68. The Bertz CT molecular complexity index is 306. The van der Waals surface area contributed by atoms with E-state index >= 15 is 0 Å². The molecule has 0 saturated heterocycles. The van der Waals surface area contributed by atoms with E-state index in [1.807, 2.05) is 0 Å². The average Bonchev–Trinajstić information content (AvgIpc) is 2.55. The standard InChI is InChI=1S/C9H13N3O2/c1-7(13)4-9(14)11-3-2-8-5-10-6-12-8/h5-6H,2-4H2,1H3,(H,10,12)(H,11,14). The number of Topliss-reactive ketones (excluding diaryl/α,β-unsaturated/α-hetero) is 1. The van der Waals surface area contributed by atoms with E-state index in [2.05, 4.69) is 15.3 Å². The Morgan fingerprint density at radius 1 is 1.57 bits per heavy atom. The third kappa shape index (κ3) is 3.84. The molecule has 1 rings (SSSR count). The first-order valence-electron chi connectivity index (χ1n) is 4.42. The lowest BCUT2D eigenvalue weighted by Gasteiger charge is -2.01. The SMILES string of the molecule is CC(=O)CC(=O)NCCc1cnc[nH]1. The third-order valence-corrected chi connectivity index (χ3v) is 1.68. The summed E-state index contributed by atoms with van der Waals surface area (Å²) in [5.74, 6) is -0.346. The minimum atomic E-state index is -0.225. The number of aromatic amines is 1. The Morgan fingerprint density at radius 2 is 2.36 bits per heavy atom. The van der Waals surface area contributed by atoms with Gasteiger partial charge in [0, 0.05) is 24.9 Å². The van der Waals surface area contributed by atoms with E-state index in [-0.39, 0.29) is 18.1 Å². The van der Waals surface area contributed by atoms with Gasteiger partial charge in [-0.05, 0) is 6.92 Å². The molecule has 0 radical (unpaired) electrons. The average molecular weight is 195 g/mol. The molecule has 5 heteroatoms. The van der Waals surface area contributed by atoms with Crippen LogP contribution in [0.5, 0.6) is 0 Å². The van der Waals surface area contributed by atoms with E-state index in [1.165, 1.54) is 6.92 Å². The highest BCUT2D eigenvalue weighted by Crippen LogP contribution is 1.90. The third-order valence-electron chi connectivity index (χ3n) is 1.68. The zero-order chi connectivity index (χ0) is 10.4. The first-order valence-corrected chi connectivity index (χ1v) is 4.42. The molecule has 76 valence electrons. The maximum Gasteiger partial charge on any atom is 0.227 e. The van der Waals surface area contributed by atoms with Crippen molar-refractivity contribution in [2.24, 2.45) is 0 Å². The number of nitrogens with zero attached hydrogens (tertiary/aromatic N) is 1. The first kappa shape index (κ1) is 10.4. The van der Waals surface area contributed by atoms with Gasteiger partial charge in [0.25, 0.3) is 0 Å². The molecule has 1 aromatic heterocycles. The van der Waals surface area contributed by atoms with Crippen LogP contribution in [-0.4, -0.2) is 28.2 Å². The highest BCUT2D eigenvalue weighted by atomic mass is 16.2. The van der Waals surface area contributed by atoms with Gasteiger partial charge in [-0.2, -0.15) is 0 Å². The number of hydrogen-bond donors (Lipinski definition) is 2. The number of H-pyrrole nitrogens is 1. The molecule has 0 saturated carbocycles. The van der Waals surface area contributed by atoms with Gasteiger partial charge in [0.05, 0.1) is 12.7 Å². The number of nitrogens with one attached hydrogen (secondary N) is 2. The zero-order valence-corrected chi connectivity index (χ0v) is 8.04. The molecule has 14 heavy (non-hydrogen) atoms. The van der Waals surface area contributed by atoms with Crippen molar-refractivity contribution in [2.75, 3.05) is 6.54 Å². The van der Waals surface area contributed by atoms with Gasteiger partial charge in [-0.25, -0.2) is 4.98 Å². The molecule has 1 heterocycles. The largest absolute Gasteiger partial charge is 0.355 e. The summed E-state index contributed by atoms with van der Waals surface area (Å²) in [6.45, 7) is 1.92. The lowest BCUT2D eigenvalue weighted by Crippen LogP contribution is -2.27. The summed E-state index contributed by atoms with van der Waals surface area (Å²) in [4.78, 5) is 28.4. The molecular weight excluding hydrogens is 182 g/mol. The molecular formula is C9H13N3O2. The molecule has 0 atom stereocenters. The second-order valence-electron chi connectivity index (χ2n) is 3.06. The fraction of sp³-hybridized carbons (Fsp3) is 0.444. The summed E-state index contributed by atoms with van der Waals surface area (Å²) in [5.41, 5.74) is 0.966. The van der Waals surface area contributed by atoms with E-state index in [9.17, 15) is 9.59 Å². The highest BCUT2D eigenvalue weighted by molar-refractivity contribution is 5.96. The Morgan fingerprint density at radius 3 is 2.93 bits per heavy atom. The van der Waals surface area contributed by atoms with Crippen LogP contribution < -0.4 is 5.32 Å². The fourth-order valence-corrected chi connectivity index (χ4v) is 1.05. The Kier molecular flexibility index (Phi) is 3.84. The van der Waals surface area contributed by atoms with Crippen molar-refractivity contribution in [1.29, 1.82) is 0 Å². The van der Waals surface area contributed by atoms with Crippen LogP contribution in [0.25, 0.3) is 0 Å². The van der Waals surface area contributed by atoms with Crippen molar-refractivity contribution >= 4 is 11.7 Å². The number of aromatic nitrogens is 2. The van der Waals surface area contributed by atoms with Crippen molar-refractivity contribution in [1.82, 2.24) is 15.3 Å². The summed E-state index contributed by atoms with van der Waals surface area (Å²) in [7, 11) is 0. The lowest BCUT2D eigenvalue weighted by molar-refractivity contribution is -0.127. The molecule has 0 bridgehead atoms. The number of imidazole rings is 1. The van der Waals surface area contributed by atoms with Crippen LogP contribution in [0.15, 0.2) is 12.5 Å². The summed E-state index contributed by atoms with van der Waals surface area (Å²) in [6.07, 6.45) is 3.95. The molecule has 0 fully saturated rings. The normalized spacial score (nSPS) is 9.79. The number of amides is 1. The van der Waals surface area contributed by atoms with Crippen molar-refractivity contribution in [2.45, 2.75) is 19.8 Å². The van der Waals surface area contributed by atoms with Crippen molar-refractivity contribution in [3.8, 4) is 0 Å². The van der Waals surface area contributed by atoms with Crippen LogP contribution in [0.3, 0.4) is 0 Å². The fourth-order valence-electron chi connectivity index (χ4n) is 1.05. The lowest BCUT2D eigenvalue weighted by atomic mass is 10.3. The molecule has 0 aromatic carbocycles. The van der Waals surface area contributed by atoms with Crippen LogP contribution in [0.4, 0.5) is 0 Å². The monoisotopic (exact) mass is 195 g/mol. The molecule has 1 amide bonds. The van der Waals surface area contributed by atoms with Crippen LogP contribution in [-0.2, 0) is 16.0 Å². The quantitative estimate of drug-likeness (QED) is 0.652. The molecule has 0 unspecified atom stereocenters. The van der Waals surface area contributed by atoms with Crippen molar-refractivity contribution < 1.29 is 9.59 Å². The van der Waals surface area contributed by atoms with Crippen molar-refractivity contribution in [3.05, 3.63) is 18.2 Å². The summed E-state index contributed by atoms with van der Waals surface area (Å²) in [5, 5.41) is 2.64. The number of rotatable bonds is 5. The number of carbonyl (C=O) groups is 2. The van der Waals surface area contributed by atoms with Gasteiger partial charge in [-0.15, -0.1) is 0 Å². The predicted molar refractivity (Wildman–Crippen MR) is 50.6 cm³/mol. The highest BCUT2D eigenvalue weighted by Gasteiger charge is 2.03. The van der Waals surface area contributed by atoms with Crippen LogP contribution in [0.1, 0.15) is 19.0 Å². The number of carbonyl (C=O) groups excluding carboxylic acids is 2. The molecule has 0 aliphatic rings. The van der Waals surface area contributed by atoms with E-state index in [0.717, 1.165) is 5.69 Å². The van der Waals surface area contributed by atoms with Gasteiger partial charge < -0.3 is 10.3 Å². The van der Waals surface area contributed by atoms with Crippen molar-refractivity contribution in [3.63, 3.8) is 0 Å². The second kappa shape index (κ2) is 5.16. The molecule has 2 N–H and O–H groups in total. The van der Waals surface area contributed by atoms with Gasteiger partial charge in [-0.3, -0.25) is 9.59 Å². The number of ketones is 1. The molecule has 0 aliphatic carbocycles. The summed E-state index contributed by atoms with van der Waals surface area (Å²) < 4.78 is 0. The van der Waals surface area contributed by atoms with Gasteiger partial charge in [0.1, 0.15) is 5.78 Å². The summed E-state index contributed by atoms with van der Waals surface area (Å²) in [6, 6.07) is 0. The Balaban J connectivity index is 2.15. The Labute approximate surface area is 81.9 Å². The maximum atomic E-state index is 11.0. The van der Waals surface area contributed by atoms with Gasteiger partial charge in [0.2, 0.25) is 5.91 Å². The molecule has 1 aromatic rings. The zero-order valence-electron chi connectivity index (χ0n) is 8.04. The van der Waals surface area contributed by atoms with E-state index in [0.29, 0.717) is 13.0 Å². The minimum Gasteiger partial charge on any atom is -0.355 e. The molecule has 0 spiro atoms. The maximum absolute atomic E-state index is 11.0. The molecule has 0 aliphatic heterocycles.